The molecule has 0 fully saturated rings. The lowest BCUT2D eigenvalue weighted by Crippen LogP contribution is -2.27. The zero-order chi connectivity index (χ0) is 9.68. The molecule has 0 atom stereocenters. The molecule has 0 aliphatic heterocycles. The average molecular weight is 246 g/mol. The Bertz CT molecular complexity index is 264. The van der Waals surface area contributed by atoms with Crippen LogP contribution in [0.1, 0.15) is 0 Å². The van der Waals surface area contributed by atoms with Gasteiger partial charge >= 0.3 is 0 Å². The van der Waals surface area contributed by atoms with Gasteiger partial charge in [0.1, 0.15) is 0 Å². The van der Waals surface area contributed by atoms with Crippen LogP contribution in [-0.2, 0) is 0 Å². The Morgan fingerprint density at radius 2 is 2.00 bits per heavy atom. The highest BCUT2D eigenvalue weighted by molar-refractivity contribution is 9.10. The standard InChI is InChI=1S/C9H12BrNO2/c10-7-2-1-3-8(4-7)11-9(5-12)6-13/h1-4,9,11-13H,5-6H2. The van der Waals surface area contributed by atoms with E-state index in [1.54, 1.807) is 0 Å². The molecule has 0 spiro atoms. The predicted octanol–water partition coefficient (Wildman–Crippen LogP) is 1.21. The number of hydrogen-bond donors (Lipinski definition) is 3. The molecule has 0 bridgehead atoms. The molecule has 13 heavy (non-hydrogen) atoms. The quantitative estimate of drug-likeness (QED) is 0.748. The summed E-state index contributed by atoms with van der Waals surface area (Å²) in [6.45, 7) is -0.161. The minimum Gasteiger partial charge on any atom is -0.394 e. The number of hydrogen-bond acceptors (Lipinski definition) is 3. The molecule has 72 valence electrons. The molecule has 1 rings (SSSR count). The van der Waals surface area contributed by atoms with Crippen molar-refractivity contribution in [2.24, 2.45) is 0 Å². The molecule has 0 aliphatic carbocycles. The van der Waals surface area contributed by atoms with E-state index in [1.807, 2.05) is 24.3 Å². The van der Waals surface area contributed by atoms with Gasteiger partial charge in [-0.25, -0.2) is 0 Å². The van der Waals surface area contributed by atoms with E-state index >= 15 is 0 Å². The van der Waals surface area contributed by atoms with Crippen molar-refractivity contribution in [3.8, 4) is 0 Å². The van der Waals surface area contributed by atoms with Gasteiger partial charge in [-0.2, -0.15) is 0 Å². The minimum atomic E-state index is -0.297. The fourth-order valence-corrected chi connectivity index (χ4v) is 1.36. The van der Waals surface area contributed by atoms with Crippen LogP contribution in [0.5, 0.6) is 0 Å². The van der Waals surface area contributed by atoms with Crippen molar-refractivity contribution >= 4 is 21.6 Å². The van der Waals surface area contributed by atoms with Crippen molar-refractivity contribution in [3.05, 3.63) is 28.7 Å². The van der Waals surface area contributed by atoms with E-state index in [0.717, 1.165) is 10.2 Å². The van der Waals surface area contributed by atoms with Gasteiger partial charge in [0.05, 0.1) is 19.3 Å². The number of nitrogens with one attached hydrogen (secondary N) is 1. The molecule has 3 N–H and O–H groups in total. The number of aliphatic hydroxyl groups is 2. The van der Waals surface area contributed by atoms with Crippen molar-refractivity contribution in [2.75, 3.05) is 18.5 Å². The van der Waals surface area contributed by atoms with E-state index in [2.05, 4.69) is 21.2 Å². The van der Waals surface area contributed by atoms with E-state index in [4.69, 9.17) is 10.2 Å². The smallest absolute Gasteiger partial charge is 0.0723 e. The lowest BCUT2D eigenvalue weighted by atomic mass is 10.2. The van der Waals surface area contributed by atoms with Crippen molar-refractivity contribution in [1.82, 2.24) is 0 Å². The molecule has 0 aliphatic rings. The molecule has 0 aromatic heterocycles. The fraction of sp³-hybridized carbons (Fsp3) is 0.333. The maximum Gasteiger partial charge on any atom is 0.0723 e. The third-order valence-corrected chi connectivity index (χ3v) is 2.13. The summed E-state index contributed by atoms with van der Waals surface area (Å²) in [4.78, 5) is 0. The Labute approximate surface area is 85.5 Å². The largest absolute Gasteiger partial charge is 0.394 e. The van der Waals surface area contributed by atoms with Gasteiger partial charge in [-0.3, -0.25) is 0 Å². The molecular weight excluding hydrogens is 234 g/mol. The first-order valence-corrected chi connectivity index (χ1v) is 4.79. The van der Waals surface area contributed by atoms with Crippen LogP contribution in [0.2, 0.25) is 0 Å². The fourth-order valence-electron chi connectivity index (χ4n) is 0.963. The Kier molecular flexibility index (Phi) is 4.21. The Hall–Kier alpha value is -0.580. The van der Waals surface area contributed by atoms with Crippen LogP contribution in [0.4, 0.5) is 5.69 Å². The second kappa shape index (κ2) is 5.21. The van der Waals surface area contributed by atoms with E-state index in [9.17, 15) is 0 Å². The van der Waals surface area contributed by atoms with Crippen LogP contribution in [-0.4, -0.2) is 29.5 Å². The molecule has 0 unspecified atom stereocenters. The van der Waals surface area contributed by atoms with Crippen molar-refractivity contribution in [2.45, 2.75) is 6.04 Å². The lowest BCUT2D eigenvalue weighted by molar-refractivity contribution is 0.204. The van der Waals surface area contributed by atoms with E-state index in [1.165, 1.54) is 0 Å². The number of benzene rings is 1. The summed E-state index contributed by atoms with van der Waals surface area (Å²) in [7, 11) is 0. The van der Waals surface area contributed by atoms with Gasteiger partial charge < -0.3 is 15.5 Å². The lowest BCUT2D eigenvalue weighted by Gasteiger charge is -2.14. The third kappa shape index (κ3) is 3.34. The van der Waals surface area contributed by atoms with Crippen LogP contribution in [0, 0.1) is 0 Å². The number of anilines is 1. The second-order valence-corrected chi connectivity index (χ2v) is 3.63. The normalized spacial score (nSPS) is 10.5. The molecule has 0 saturated heterocycles. The predicted molar refractivity (Wildman–Crippen MR) is 55.7 cm³/mol. The van der Waals surface area contributed by atoms with Crippen molar-refractivity contribution in [3.63, 3.8) is 0 Å². The van der Waals surface area contributed by atoms with Crippen molar-refractivity contribution < 1.29 is 10.2 Å². The molecule has 0 heterocycles. The average Bonchev–Trinajstić information content (AvgIpc) is 2.14. The van der Waals surface area contributed by atoms with Crippen molar-refractivity contribution in [1.29, 1.82) is 0 Å². The Morgan fingerprint density at radius 3 is 2.54 bits per heavy atom. The van der Waals surface area contributed by atoms with Gasteiger partial charge in [0.15, 0.2) is 0 Å². The zero-order valence-electron chi connectivity index (χ0n) is 7.07. The third-order valence-electron chi connectivity index (χ3n) is 1.64. The monoisotopic (exact) mass is 245 g/mol. The van der Waals surface area contributed by atoms with Gasteiger partial charge in [0.25, 0.3) is 0 Å². The molecule has 4 heteroatoms. The van der Waals surface area contributed by atoms with Gasteiger partial charge in [0, 0.05) is 10.2 Å². The SMILES string of the molecule is OCC(CO)Nc1cccc(Br)c1. The topological polar surface area (TPSA) is 52.5 Å². The van der Waals surface area contributed by atoms with Crippen LogP contribution >= 0.6 is 15.9 Å². The molecule has 0 amide bonds. The summed E-state index contributed by atoms with van der Waals surface area (Å²) in [6.07, 6.45) is 0. The number of aliphatic hydroxyl groups excluding tert-OH is 2. The van der Waals surface area contributed by atoms with Crippen LogP contribution < -0.4 is 5.32 Å². The Balaban J connectivity index is 2.62. The van der Waals surface area contributed by atoms with Gasteiger partial charge in [-0.15, -0.1) is 0 Å². The molecule has 1 aromatic rings. The summed E-state index contributed by atoms with van der Waals surface area (Å²) in [5.74, 6) is 0. The maximum absolute atomic E-state index is 8.82. The molecular formula is C9H12BrNO2. The number of halogens is 1. The van der Waals surface area contributed by atoms with Gasteiger partial charge in [-0.1, -0.05) is 22.0 Å². The van der Waals surface area contributed by atoms with Crippen LogP contribution in [0.15, 0.2) is 28.7 Å². The Morgan fingerprint density at radius 1 is 1.31 bits per heavy atom. The first-order chi connectivity index (χ1) is 6.26. The van der Waals surface area contributed by atoms with E-state index in [0.29, 0.717) is 0 Å². The summed E-state index contributed by atoms with van der Waals surface area (Å²) >= 11 is 3.33. The highest BCUT2D eigenvalue weighted by Gasteiger charge is 2.04. The first-order valence-electron chi connectivity index (χ1n) is 4.00. The summed E-state index contributed by atoms with van der Waals surface area (Å²) in [5, 5.41) is 20.6. The highest BCUT2D eigenvalue weighted by Crippen LogP contribution is 2.16. The summed E-state index contributed by atoms with van der Waals surface area (Å²) in [5.41, 5.74) is 0.877. The van der Waals surface area contributed by atoms with Crippen LogP contribution in [0.25, 0.3) is 0 Å². The zero-order valence-corrected chi connectivity index (χ0v) is 8.66. The molecule has 0 radical (unpaired) electrons. The van der Waals surface area contributed by atoms with E-state index in [-0.39, 0.29) is 19.3 Å². The summed E-state index contributed by atoms with van der Waals surface area (Å²) < 4.78 is 0.965. The molecule has 1 aromatic carbocycles. The minimum absolute atomic E-state index is 0.0803. The molecule has 3 nitrogen and oxygen atoms in total. The van der Waals surface area contributed by atoms with Gasteiger partial charge in [0.2, 0.25) is 0 Å². The maximum atomic E-state index is 8.82. The second-order valence-electron chi connectivity index (χ2n) is 2.72. The summed E-state index contributed by atoms with van der Waals surface area (Å²) in [6, 6.07) is 7.27. The van der Waals surface area contributed by atoms with E-state index < -0.39 is 0 Å². The molecule has 0 saturated carbocycles. The van der Waals surface area contributed by atoms with Gasteiger partial charge in [-0.05, 0) is 18.2 Å². The number of rotatable bonds is 4. The first kappa shape index (κ1) is 10.5. The highest BCUT2D eigenvalue weighted by atomic mass is 79.9. The van der Waals surface area contributed by atoms with Crippen LogP contribution in [0.3, 0.4) is 0 Å².